The van der Waals surface area contributed by atoms with Gasteiger partial charge in [0.2, 0.25) is 5.95 Å². The van der Waals surface area contributed by atoms with Crippen molar-refractivity contribution in [3.63, 3.8) is 0 Å². The third kappa shape index (κ3) is 2.83. The van der Waals surface area contributed by atoms with Gasteiger partial charge in [0.05, 0.1) is 11.0 Å². The molecule has 0 saturated heterocycles. The minimum Gasteiger partial charge on any atom is -0.484 e. The number of benzene rings is 2. The fourth-order valence-electron chi connectivity index (χ4n) is 2.41. The van der Waals surface area contributed by atoms with Gasteiger partial charge in [0.1, 0.15) is 18.9 Å². The Kier molecular flexibility index (Phi) is 3.34. The zero-order valence-corrected chi connectivity index (χ0v) is 12.7. The van der Waals surface area contributed by atoms with Crippen LogP contribution >= 0.6 is 0 Å². The lowest BCUT2D eigenvalue weighted by Crippen LogP contribution is -2.18. The Labute approximate surface area is 133 Å². The Balaban J connectivity index is 1.49. The Morgan fingerprint density at radius 1 is 1.09 bits per heavy atom. The number of para-hydroxylation sites is 2. The molecule has 0 bridgehead atoms. The van der Waals surface area contributed by atoms with Gasteiger partial charge in [-0.05, 0) is 36.8 Å². The van der Waals surface area contributed by atoms with Crippen molar-refractivity contribution in [1.29, 1.82) is 0 Å². The molecule has 0 amide bonds. The second kappa shape index (κ2) is 5.64. The number of nitrogens with one attached hydrogen (secondary N) is 2. The molecule has 0 saturated carbocycles. The minimum atomic E-state index is 0.378. The molecular weight excluding hydrogens is 292 g/mol. The molecule has 23 heavy (non-hydrogen) atoms. The van der Waals surface area contributed by atoms with Crippen molar-refractivity contribution in [3.05, 3.63) is 48.0 Å². The van der Waals surface area contributed by atoms with E-state index in [2.05, 4.69) is 20.5 Å². The molecule has 0 spiro atoms. The fourth-order valence-corrected chi connectivity index (χ4v) is 2.41. The second-order valence-corrected chi connectivity index (χ2v) is 5.42. The van der Waals surface area contributed by atoms with Crippen LogP contribution in [0.5, 0.6) is 11.5 Å². The summed E-state index contributed by atoms with van der Waals surface area (Å²) in [6.45, 7) is 2.78. The van der Waals surface area contributed by atoms with E-state index in [4.69, 9.17) is 9.47 Å². The van der Waals surface area contributed by atoms with E-state index in [0.717, 1.165) is 33.8 Å². The van der Waals surface area contributed by atoms with Gasteiger partial charge in [-0.2, -0.15) is 5.10 Å². The molecule has 0 radical (unpaired) electrons. The highest BCUT2D eigenvalue weighted by Crippen LogP contribution is 2.29. The predicted octanol–water partition coefficient (Wildman–Crippen LogP) is 3.11. The van der Waals surface area contributed by atoms with E-state index in [1.165, 1.54) is 0 Å². The SMILES string of the molecule is Cc1ccc2c(c1)OC/C(=N/Nc1nc3ccccc3[nH]1)CO2. The number of rotatable bonds is 2. The number of hydrazone groups is 1. The van der Waals surface area contributed by atoms with Gasteiger partial charge >= 0.3 is 0 Å². The van der Waals surface area contributed by atoms with Crippen molar-refractivity contribution in [2.75, 3.05) is 18.6 Å². The number of anilines is 1. The van der Waals surface area contributed by atoms with E-state index in [1.807, 2.05) is 49.4 Å². The molecule has 6 nitrogen and oxygen atoms in total. The maximum atomic E-state index is 5.76. The molecular formula is C17H16N4O2. The maximum absolute atomic E-state index is 5.76. The van der Waals surface area contributed by atoms with Crippen LogP contribution in [0, 0.1) is 6.92 Å². The summed E-state index contributed by atoms with van der Waals surface area (Å²) in [6, 6.07) is 13.7. The molecule has 1 aromatic heterocycles. The molecule has 4 rings (SSSR count). The second-order valence-electron chi connectivity index (χ2n) is 5.42. The van der Waals surface area contributed by atoms with Crippen molar-refractivity contribution >= 4 is 22.7 Å². The zero-order valence-electron chi connectivity index (χ0n) is 12.7. The zero-order chi connectivity index (χ0) is 15.6. The molecule has 2 aromatic carbocycles. The molecule has 0 unspecified atom stereocenters. The largest absolute Gasteiger partial charge is 0.484 e. The average Bonchev–Trinajstić information content (AvgIpc) is 2.87. The topological polar surface area (TPSA) is 71.5 Å². The number of aromatic nitrogens is 2. The number of nitrogens with zero attached hydrogens (tertiary/aromatic N) is 2. The van der Waals surface area contributed by atoms with Crippen molar-refractivity contribution in [2.24, 2.45) is 5.10 Å². The third-order valence-corrected chi connectivity index (χ3v) is 3.60. The first-order valence-electron chi connectivity index (χ1n) is 7.40. The van der Waals surface area contributed by atoms with E-state index in [1.54, 1.807) is 0 Å². The first-order chi connectivity index (χ1) is 11.3. The Morgan fingerprint density at radius 2 is 1.91 bits per heavy atom. The van der Waals surface area contributed by atoms with Crippen molar-refractivity contribution in [1.82, 2.24) is 9.97 Å². The molecule has 3 aromatic rings. The minimum absolute atomic E-state index is 0.378. The van der Waals surface area contributed by atoms with Gasteiger partial charge < -0.3 is 14.5 Å². The van der Waals surface area contributed by atoms with Gasteiger partial charge in [-0.25, -0.2) is 10.4 Å². The Bertz CT molecular complexity index is 852. The third-order valence-electron chi connectivity index (χ3n) is 3.60. The summed E-state index contributed by atoms with van der Waals surface area (Å²) >= 11 is 0. The van der Waals surface area contributed by atoms with E-state index in [-0.39, 0.29) is 0 Å². The lowest BCUT2D eigenvalue weighted by molar-refractivity contribution is 0.354. The molecule has 0 aliphatic carbocycles. The van der Waals surface area contributed by atoms with Crippen molar-refractivity contribution in [3.8, 4) is 11.5 Å². The summed E-state index contributed by atoms with van der Waals surface area (Å²) in [6.07, 6.45) is 0. The summed E-state index contributed by atoms with van der Waals surface area (Å²) < 4.78 is 11.5. The molecule has 116 valence electrons. The normalized spacial score (nSPS) is 15.6. The van der Waals surface area contributed by atoms with Crippen molar-refractivity contribution in [2.45, 2.75) is 6.92 Å². The van der Waals surface area contributed by atoms with E-state index < -0.39 is 0 Å². The summed E-state index contributed by atoms with van der Waals surface area (Å²) in [5.41, 5.74) is 6.69. The summed E-state index contributed by atoms with van der Waals surface area (Å²) in [7, 11) is 0. The van der Waals surface area contributed by atoms with Crippen LogP contribution < -0.4 is 14.9 Å². The number of hydrogen-bond acceptors (Lipinski definition) is 5. The number of ether oxygens (including phenoxy) is 2. The molecule has 2 N–H and O–H groups in total. The summed E-state index contributed by atoms with van der Waals surface area (Å²) in [5, 5.41) is 4.34. The van der Waals surface area contributed by atoms with Crippen LogP contribution in [0.3, 0.4) is 0 Å². The van der Waals surface area contributed by atoms with Gasteiger partial charge in [0.15, 0.2) is 11.5 Å². The van der Waals surface area contributed by atoms with Crippen LogP contribution in [0.2, 0.25) is 0 Å². The molecule has 2 heterocycles. The number of H-pyrrole nitrogens is 1. The van der Waals surface area contributed by atoms with Gasteiger partial charge in [0, 0.05) is 0 Å². The molecule has 0 atom stereocenters. The monoisotopic (exact) mass is 308 g/mol. The average molecular weight is 308 g/mol. The van der Waals surface area contributed by atoms with Crippen LogP contribution in [0.1, 0.15) is 5.56 Å². The smallest absolute Gasteiger partial charge is 0.222 e. The van der Waals surface area contributed by atoms with Crippen LogP contribution in [0.4, 0.5) is 5.95 Å². The number of fused-ring (bicyclic) bond motifs is 2. The summed E-state index contributed by atoms with van der Waals surface area (Å²) in [4.78, 5) is 7.58. The highest BCUT2D eigenvalue weighted by Gasteiger charge is 2.14. The molecule has 1 aliphatic heterocycles. The van der Waals surface area contributed by atoms with Crippen molar-refractivity contribution < 1.29 is 9.47 Å². The first-order valence-corrected chi connectivity index (χ1v) is 7.40. The van der Waals surface area contributed by atoms with Gasteiger partial charge in [-0.1, -0.05) is 18.2 Å². The van der Waals surface area contributed by atoms with Gasteiger partial charge in [-0.15, -0.1) is 0 Å². The maximum Gasteiger partial charge on any atom is 0.222 e. The Morgan fingerprint density at radius 3 is 2.78 bits per heavy atom. The van der Waals surface area contributed by atoms with Crippen LogP contribution in [0.15, 0.2) is 47.6 Å². The van der Waals surface area contributed by atoms with E-state index in [9.17, 15) is 0 Å². The quantitative estimate of drug-likeness (QED) is 0.714. The van der Waals surface area contributed by atoms with Gasteiger partial charge in [0.25, 0.3) is 0 Å². The fraction of sp³-hybridized carbons (Fsp3) is 0.176. The predicted molar refractivity (Wildman–Crippen MR) is 89.3 cm³/mol. The number of aryl methyl sites for hydroxylation is 1. The lowest BCUT2D eigenvalue weighted by Gasteiger charge is -2.06. The number of hydrogen-bond donors (Lipinski definition) is 2. The highest BCUT2D eigenvalue weighted by atomic mass is 16.5. The van der Waals surface area contributed by atoms with Crippen LogP contribution in [-0.2, 0) is 0 Å². The molecule has 1 aliphatic rings. The number of imidazole rings is 1. The summed E-state index contributed by atoms with van der Waals surface area (Å²) in [5.74, 6) is 2.08. The van der Waals surface area contributed by atoms with Crippen LogP contribution in [-0.4, -0.2) is 28.9 Å². The first kappa shape index (κ1) is 13.6. The van der Waals surface area contributed by atoms with E-state index in [0.29, 0.717) is 19.2 Å². The lowest BCUT2D eigenvalue weighted by atomic mass is 10.2. The van der Waals surface area contributed by atoms with Crippen LogP contribution in [0.25, 0.3) is 11.0 Å². The highest BCUT2D eigenvalue weighted by molar-refractivity contribution is 5.88. The van der Waals surface area contributed by atoms with E-state index >= 15 is 0 Å². The molecule has 6 heteroatoms. The standard InChI is InChI=1S/C17H16N4O2/c1-11-6-7-15-16(8-11)23-10-12(9-22-15)20-21-17-18-13-4-2-3-5-14(13)19-17/h2-8H,9-10H2,1H3,(H2,18,19,21)/b20-12+. The van der Waals surface area contributed by atoms with Gasteiger partial charge in [-0.3, -0.25) is 0 Å². The number of aromatic amines is 1. The molecule has 0 fully saturated rings. The Hall–Kier alpha value is -3.02.